The predicted octanol–water partition coefficient (Wildman–Crippen LogP) is 4.53. The summed E-state index contributed by atoms with van der Waals surface area (Å²) in [6, 6.07) is 0. The fraction of sp³-hybridized carbons (Fsp3) is 0.765. The van der Waals surface area contributed by atoms with E-state index in [1.165, 1.54) is 0 Å². The Kier molecular flexibility index (Phi) is 9.44. The van der Waals surface area contributed by atoms with Crippen molar-refractivity contribution in [3.63, 3.8) is 0 Å². The number of carboxylic acid groups (broad SMARTS) is 2. The first-order chi connectivity index (χ1) is 16.7. The Bertz CT molecular complexity index is 892. The van der Waals surface area contributed by atoms with Gasteiger partial charge in [-0.2, -0.15) is 79.0 Å². The smallest absolute Gasteiger partial charge is 0.460 e. The molecular weight excluding hydrogens is 610 g/mol. The van der Waals surface area contributed by atoms with Gasteiger partial charge in [0.15, 0.2) is 0 Å². The molecule has 0 spiro atoms. The molecule has 0 bridgehead atoms. The molecule has 0 atom stereocenters. The van der Waals surface area contributed by atoms with Crippen LogP contribution in [0.1, 0.15) is 25.7 Å². The van der Waals surface area contributed by atoms with E-state index in [4.69, 9.17) is 0 Å². The van der Waals surface area contributed by atoms with E-state index in [1.54, 1.807) is 0 Å². The lowest BCUT2D eigenvalue weighted by molar-refractivity contribution is -0.398. The van der Waals surface area contributed by atoms with Crippen molar-refractivity contribution in [2.24, 2.45) is 5.41 Å². The summed E-state index contributed by atoms with van der Waals surface area (Å²) >= 11 is 0. The van der Waals surface area contributed by atoms with Gasteiger partial charge in [-0.1, -0.05) is 6.58 Å². The first kappa shape index (κ1) is 36.4. The summed E-state index contributed by atoms with van der Waals surface area (Å²) in [4.78, 5) is 22.4. The number of carbonyl (C=O) groups excluding carboxylic acids is 2. The van der Waals surface area contributed by atoms with Gasteiger partial charge in [-0.15, -0.1) is 0 Å². The molecule has 0 aliphatic heterocycles. The van der Waals surface area contributed by atoms with Crippen molar-refractivity contribution in [2.45, 2.75) is 73.6 Å². The van der Waals surface area contributed by atoms with Crippen molar-refractivity contribution >= 4 is 11.9 Å². The van der Waals surface area contributed by atoms with Crippen LogP contribution in [-0.2, 0) is 9.59 Å². The van der Waals surface area contributed by atoms with Crippen LogP contribution in [0.15, 0.2) is 12.2 Å². The molecule has 0 radical (unpaired) electrons. The van der Waals surface area contributed by atoms with E-state index in [9.17, 15) is 98.8 Å². The van der Waals surface area contributed by atoms with E-state index in [1.807, 2.05) is 0 Å². The maximum Gasteiger partial charge on any atom is 0.460 e. The van der Waals surface area contributed by atoms with E-state index < -0.39 is 96.5 Å². The van der Waals surface area contributed by atoms with Crippen LogP contribution < -0.4 is 10.2 Å². The van der Waals surface area contributed by atoms with E-state index in [-0.39, 0.29) is 0 Å². The SMILES string of the molecule is C=C(C(=O)[O-])C(CCC(F)(F)C(F)(F)C(F)(F)C(F)(F)F)(CCC(F)(F)C(F)(F)C(F)(F)C(F)(F)F)C(=O)[O-]. The highest BCUT2D eigenvalue weighted by atomic mass is 19.4. The minimum absolute atomic E-state index is 2.25. The van der Waals surface area contributed by atoms with Crippen LogP contribution >= 0.6 is 0 Å². The average molecular weight is 620 g/mol. The molecule has 0 aromatic heterocycles. The van der Waals surface area contributed by atoms with Crippen LogP contribution in [0.2, 0.25) is 0 Å². The second kappa shape index (κ2) is 10.1. The van der Waals surface area contributed by atoms with E-state index in [0.717, 1.165) is 0 Å². The van der Waals surface area contributed by atoms with Gasteiger partial charge < -0.3 is 19.8 Å². The fourth-order valence-electron chi connectivity index (χ4n) is 2.82. The topological polar surface area (TPSA) is 80.3 Å². The number of alkyl halides is 18. The Morgan fingerprint density at radius 2 is 0.744 bits per heavy atom. The van der Waals surface area contributed by atoms with Crippen molar-refractivity contribution in [3.05, 3.63) is 12.2 Å². The van der Waals surface area contributed by atoms with Crippen molar-refractivity contribution < 1.29 is 98.8 Å². The quantitative estimate of drug-likeness (QED) is 0.224. The van der Waals surface area contributed by atoms with Gasteiger partial charge in [-0.25, -0.2) is 0 Å². The van der Waals surface area contributed by atoms with Crippen LogP contribution in [0, 0.1) is 5.41 Å². The molecule has 0 saturated carbocycles. The van der Waals surface area contributed by atoms with Gasteiger partial charge in [-0.3, -0.25) is 0 Å². The zero-order valence-corrected chi connectivity index (χ0v) is 18.0. The Balaban J connectivity index is 6.65. The van der Waals surface area contributed by atoms with E-state index in [2.05, 4.69) is 6.58 Å². The van der Waals surface area contributed by atoms with Crippen molar-refractivity contribution in [3.8, 4) is 0 Å². The maximum atomic E-state index is 13.8. The molecule has 0 N–H and O–H groups in total. The molecule has 0 rings (SSSR count). The van der Waals surface area contributed by atoms with Gasteiger partial charge in [0.1, 0.15) is 0 Å². The maximum absolute atomic E-state index is 13.8. The Labute approximate surface area is 203 Å². The van der Waals surface area contributed by atoms with E-state index in [0.29, 0.717) is 0 Å². The van der Waals surface area contributed by atoms with Crippen LogP contribution in [0.5, 0.6) is 0 Å². The number of hydrogen-bond acceptors (Lipinski definition) is 4. The Hall–Kier alpha value is -2.58. The molecule has 0 fully saturated rings. The van der Waals surface area contributed by atoms with Gasteiger partial charge in [0.2, 0.25) is 0 Å². The summed E-state index contributed by atoms with van der Waals surface area (Å²) < 4.78 is 234. The molecule has 0 aromatic carbocycles. The highest BCUT2D eigenvalue weighted by Gasteiger charge is 2.82. The fourth-order valence-corrected chi connectivity index (χ4v) is 2.82. The third-order valence-electron chi connectivity index (χ3n) is 5.37. The monoisotopic (exact) mass is 620 g/mol. The highest BCUT2D eigenvalue weighted by molar-refractivity contribution is 5.94. The molecule has 4 nitrogen and oxygen atoms in total. The van der Waals surface area contributed by atoms with Crippen molar-refractivity contribution in [1.82, 2.24) is 0 Å². The number of hydrogen-bond donors (Lipinski definition) is 0. The van der Waals surface area contributed by atoms with Crippen LogP contribution in [0.3, 0.4) is 0 Å². The number of aliphatic carboxylic acids is 2. The third kappa shape index (κ3) is 5.97. The summed E-state index contributed by atoms with van der Waals surface area (Å²) in [6.07, 6.45) is -27.0. The minimum atomic E-state index is -7.59. The van der Waals surface area contributed by atoms with Gasteiger partial charge in [0, 0.05) is 18.3 Å². The van der Waals surface area contributed by atoms with Crippen LogP contribution in [0.25, 0.3) is 0 Å². The summed E-state index contributed by atoms with van der Waals surface area (Å²) in [5, 5.41) is 22.4. The standard InChI is InChI=1S/C17H12F18O4/c1-6(7(36)37)9(8(38)39,2-4-10(18,19)12(22,23)14(26,27)16(30,31)32)3-5-11(20,21)13(24,25)15(28,29)17(33,34)35/h1-5H2,(H,36,37)(H,38,39)/p-2. The average Bonchev–Trinajstić information content (AvgIpc) is 2.70. The molecule has 0 aliphatic rings. The molecule has 0 heterocycles. The molecule has 0 aromatic rings. The van der Waals surface area contributed by atoms with Gasteiger partial charge in [0.25, 0.3) is 0 Å². The zero-order valence-electron chi connectivity index (χ0n) is 18.0. The zero-order chi connectivity index (χ0) is 32.1. The van der Waals surface area contributed by atoms with Crippen LogP contribution in [-0.4, -0.2) is 59.8 Å². The van der Waals surface area contributed by atoms with Crippen molar-refractivity contribution in [1.29, 1.82) is 0 Å². The molecule has 0 saturated heterocycles. The van der Waals surface area contributed by atoms with E-state index >= 15 is 0 Å². The second-order valence-electron chi connectivity index (χ2n) is 7.84. The van der Waals surface area contributed by atoms with Gasteiger partial charge >= 0.3 is 47.9 Å². The summed E-state index contributed by atoms with van der Waals surface area (Å²) in [6.45, 7) is 2.25. The summed E-state index contributed by atoms with van der Waals surface area (Å²) in [7, 11) is 0. The van der Waals surface area contributed by atoms with Gasteiger partial charge in [-0.05, 0) is 18.4 Å². The lowest BCUT2D eigenvalue weighted by atomic mass is 9.71. The minimum Gasteiger partial charge on any atom is -0.549 e. The summed E-state index contributed by atoms with van der Waals surface area (Å²) in [5.74, 6) is -49.9. The first-order valence-electron chi connectivity index (χ1n) is 9.24. The number of rotatable bonds is 13. The lowest BCUT2D eigenvalue weighted by Crippen LogP contribution is -2.62. The molecule has 0 aliphatic carbocycles. The number of carboxylic acids is 2. The molecule has 230 valence electrons. The van der Waals surface area contributed by atoms with Crippen LogP contribution in [0.4, 0.5) is 79.0 Å². The number of halogens is 18. The molecular formula is C17H10F18O4-2. The Morgan fingerprint density at radius 1 is 0.487 bits per heavy atom. The third-order valence-corrected chi connectivity index (χ3v) is 5.37. The molecule has 39 heavy (non-hydrogen) atoms. The molecule has 0 unspecified atom stereocenters. The second-order valence-corrected chi connectivity index (χ2v) is 7.84. The first-order valence-corrected chi connectivity index (χ1v) is 9.24. The highest BCUT2D eigenvalue weighted by Crippen LogP contribution is 2.57. The van der Waals surface area contributed by atoms with Gasteiger partial charge in [0.05, 0.1) is 11.9 Å². The largest absolute Gasteiger partial charge is 0.549 e. The Morgan fingerprint density at radius 3 is 0.923 bits per heavy atom. The van der Waals surface area contributed by atoms with Crippen molar-refractivity contribution in [2.75, 3.05) is 0 Å². The molecule has 0 amide bonds. The lowest BCUT2D eigenvalue weighted by Gasteiger charge is -2.41. The predicted molar refractivity (Wildman–Crippen MR) is 81.8 cm³/mol. The normalized spacial score (nSPS) is 15.3. The molecule has 22 heteroatoms. The summed E-state index contributed by atoms with van der Waals surface area (Å²) in [5.41, 5.74) is -6.75. The number of carbonyl (C=O) groups is 2.